The van der Waals surface area contributed by atoms with E-state index in [1.54, 1.807) is 26.2 Å². The summed E-state index contributed by atoms with van der Waals surface area (Å²) >= 11 is 1.26. The quantitative estimate of drug-likeness (QED) is 0.306. The zero-order valence-electron chi connectivity index (χ0n) is 21.1. The number of unbranched alkanes of at least 4 members (excludes halogenated alkanes) is 1. The third-order valence-corrected chi connectivity index (χ3v) is 6.82. The smallest absolute Gasteiger partial charge is 0.290 e. The van der Waals surface area contributed by atoms with Crippen molar-refractivity contribution in [2.24, 2.45) is 0 Å². The molecule has 0 aliphatic carbocycles. The number of methoxy groups -OCH3 is 1. The summed E-state index contributed by atoms with van der Waals surface area (Å²) in [6, 6.07) is 4.65. The van der Waals surface area contributed by atoms with Gasteiger partial charge in [0.15, 0.2) is 17.3 Å². The fraction of sp³-hybridized carbons (Fsp3) is 0.500. The minimum atomic E-state index is -0.766. The Bertz CT molecular complexity index is 1090. The van der Waals surface area contributed by atoms with Gasteiger partial charge in [-0.2, -0.15) is 0 Å². The molecule has 0 spiro atoms. The molecular formula is C26H34N2O6S. The van der Waals surface area contributed by atoms with Crippen LogP contribution < -0.4 is 9.47 Å². The highest BCUT2D eigenvalue weighted by atomic mass is 32.1. The molecule has 0 fully saturated rings. The van der Waals surface area contributed by atoms with Gasteiger partial charge in [-0.1, -0.05) is 19.4 Å². The fourth-order valence-electron chi connectivity index (χ4n) is 4.12. The number of Topliss-reactive ketones (excluding diaryl/α,β-unsaturated/α-hetero) is 1. The molecule has 1 aliphatic rings. The summed E-state index contributed by atoms with van der Waals surface area (Å²) in [6.07, 6.45) is 2.48. The zero-order chi connectivity index (χ0) is 25.5. The number of amides is 1. The lowest BCUT2D eigenvalue weighted by atomic mass is 9.94. The van der Waals surface area contributed by atoms with Crippen molar-refractivity contribution in [1.82, 2.24) is 9.88 Å². The van der Waals surface area contributed by atoms with Gasteiger partial charge in [0.2, 0.25) is 5.78 Å². The van der Waals surface area contributed by atoms with Gasteiger partial charge in [-0.25, -0.2) is 4.98 Å². The molecule has 1 atom stereocenters. The summed E-state index contributed by atoms with van der Waals surface area (Å²) < 4.78 is 16.9. The molecule has 3 rings (SSSR count). The largest absolute Gasteiger partial charge is 0.503 e. The second-order valence-electron chi connectivity index (χ2n) is 8.33. The van der Waals surface area contributed by atoms with Crippen molar-refractivity contribution >= 4 is 23.0 Å². The number of aromatic nitrogens is 1. The van der Waals surface area contributed by atoms with Crippen molar-refractivity contribution in [2.75, 3.05) is 33.5 Å². The molecule has 0 saturated carbocycles. The summed E-state index contributed by atoms with van der Waals surface area (Å²) in [5.74, 6) is -0.346. The lowest BCUT2D eigenvalue weighted by molar-refractivity contribution is -0.129. The van der Waals surface area contributed by atoms with E-state index in [9.17, 15) is 14.7 Å². The van der Waals surface area contributed by atoms with Crippen LogP contribution in [0.5, 0.6) is 11.5 Å². The Balaban J connectivity index is 2.06. The number of rotatable bonds is 13. The average molecular weight is 503 g/mol. The van der Waals surface area contributed by atoms with Crippen molar-refractivity contribution in [3.05, 3.63) is 50.7 Å². The summed E-state index contributed by atoms with van der Waals surface area (Å²) in [5.41, 5.74) is 1.30. The first-order valence-electron chi connectivity index (χ1n) is 11.9. The molecule has 1 aliphatic heterocycles. The Kier molecular flexibility index (Phi) is 9.28. The number of hydrogen-bond donors (Lipinski definition) is 1. The van der Waals surface area contributed by atoms with Crippen molar-refractivity contribution < 1.29 is 28.9 Å². The minimum absolute atomic E-state index is 0.0567. The number of ketones is 1. The van der Waals surface area contributed by atoms with Crippen LogP contribution in [-0.4, -0.2) is 60.2 Å². The number of hydrogen-bond acceptors (Lipinski definition) is 8. The molecule has 1 amide bonds. The number of aryl methyl sites for hydroxylation is 2. The molecule has 1 N–H and O–H groups in total. The first-order chi connectivity index (χ1) is 16.8. The van der Waals surface area contributed by atoms with E-state index in [2.05, 4.69) is 11.9 Å². The van der Waals surface area contributed by atoms with E-state index in [1.165, 1.54) is 16.2 Å². The highest BCUT2D eigenvalue weighted by Crippen LogP contribution is 2.42. The molecule has 1 aromatic heterocycles. The topological polar surface area (TPSA) is 98.2 Å². The van der Waals surface area contributed by atoms with Crippen LogP contribution in [0.3, 0.4) is 0 Å². The molecule has 190 valence electrons. The Morgan fingerprint density at radius 2 is 1.91 bits per heavy atom. The maximum Gasteiger partial charge on any atom is 0.290 e. The third-order valence-electron chi connectivity index (χ3n) is 5.74. The summed E-state index contributed by atoms with van der Waals surface area (Å²) in [7, 11) is 1.59. The lowest BCUT2D eigenvalue weighted by Gasteiger charge is -2.27. The van der Waals surface area contributed by atoms with E-state index in [1.807, 2.05) is 19.9 Å². The van der Waals surface area contributed by atoms with Crippen LogP contribution in [0.1, 0.15) is 65.1 Å². The number of benzene rings is 1. The predicted octanol–water partition coefficient (Wildman–Crippen LogP) is 4.95. The number of carbonyl (C=O) groups excluding carboxylic acids is 2. The van der Waals surface area contributed by atoms with E-state index in [4.69, 9.17) is 14.2 Å². The molecule has 2 aromatic rings. The number of ether oxygens (including phenoxy) is 3. The Labute approximate surface area is 210 Å². The Hall–Kier alpha value is -2.91. The van der Waals surface area contributed by atoms with Gasteiger partial charge in [0.25, 0.3) is 5.91 Å². The number of aliphatic hydroxyl groups excluding tert-OH is 1. The summed E-state index contributed by atoms with van der Waals surface area (Å²) in [4.78, 5) is 33.1. The second kappa shape index (κ2) is 12.2. The van der Waals surface area contributed by atoms with Gasteiger partial charge in [-0.15, -0.1) is 11.3 Å². The number of thiazole rings is 1. The zero-order valence-corrected chi connectivity index (χ0v) is 21.9. The van der Waals surface area contributed by atoms with E-state index >= 15 is 0 Å². The monoisotopic (exact) mass is 502 g/mol. The number of aliphatic hydroxyl groups is 1. The molecule has 1 unspecified atom stereocenters. The van der Waals surface area contributed by atoms with Crippen LogP contribution in [0.2, 0.25) is 0 Å². The first kappa shape index (κ1) is 26.7. The second-order valence-corrected chi connectivity index (χ2v) is 9.53. The summed E-state index contributed by atoms with van der Waals surface area (Å²) in [6.45, 7) is 9.31. The molecule has 35 heavy (non-hydrogen) atoms. The lowest BCUT2D eigenvalue weighted by Crippen LogP contribution is -2.32. The maximum absolute atomic E-state index is 13.6. The number of carbonyl (C=O) groups is 2. The standard InChI is InChI=1S/C26H34N2O6S/c1-6-8-14-34-19-11-10-18(15-20(19)33-7-2)22-21(23(29)25-16(3)27-17(4)35-25)24(30)26(31)28(22)12-9-13-32-5/h10-11,15,22,30H,6-9,12-14H2,1-5H3. The van der Waals surface area contributed by atoms with E-state index < -0.39 is 17.7 Å². The van der Waals surface area contributed by atoms with Crippen LogP contribution in [0.25, 0.3) is 0 Å². The molecule has 2 heterocycles. The molecule has 0 saturated heterocycles. The van der Waals surface area contributed by atoms with Crippen LogP contribution in [0.15, 0.2) is 29.5 Å². The van der Waals surface area contributed by atoms with Crippen LogP contribution in [0.4, 0.5) is 0 Å². The molecule has 0 bridgehead atoms. The third kappa shape index (κ3) is 5.85. The van der Waals surface area contributed by atoms with Crippen LogP contribution in [-0.2, 0) is 9.53 Å². The molecular weight excluding hydrogens is 468 g/mol. The first-order valence-corrected chi connectivity index (χ1v) is 12.8. The highest BCUT2D eigenvalue weighted by molar-refractivity contribution is 7.14. The molecule has 8 nitrogen and oxygen atoms in total. The fourth-order valence-corrected chi connectivity index (χ4v) is 4.99. The average Bonchev–Trinajstić information content (AvgIpc) is 3.30. The number of nitrogens with zero attached hydrogens (tertiary/aromatic N) is 2. The molecule has 0 radical (unpaired) electrons. The molecule has 1 aromatic carbocycles. The Morgan fingerprint density at radius 3 is 2.54 bits per heavy atom. The van der Waals surface area contributed by atoms with Crippen molar-refractivity contribution in [3.63, 3.8) is 0 Å². The normalized spacial score (nSPS) is 15.7. The van der Waals surface area contributed by atoms with Crippen LogP contribution >= 0.6 is 11.3 Å². The van der Waals surface area contributed by atoms with Crippen molar-refractivity contribution in [3.8, 4) is 11.5 Å². The van der Waals surface area contributed by atoms with Gasteiger partial charge in [0.1, 0.15) is 0 Å². The van der Waals surface area contributed by atoms with Gasteiger partial charge < -0.3 is 24.2 Å². The van der Waals surface area contributed by atoms with E-state index in [0.717, 1.165) is 17.8 Å². The predicted molar refractivity (Wildman–Crippen MR) is 135 cm³/mol. The van der Waals surface area contributed by atoms with Gasteiger partial charge in [-0.3, -0.25) is 9.59 Å². The highest BCUT2D eigenvalue weighted by Gasteiger charge is 2.44. The molecule has 9 heteroatoms. The van der Waals surface area contributed by atoms with Gasteiger partial charge in [0, 0.05) is 20.3 Å². The van der Waals surface area contributed by atoms with Crippen molar-refractivity contribution in [2.45, 2.75) is 53.0 Å². The SMILES string of the molecule is CCCCOc1ccc(C2C(C(=O)c3sc(C)nc3C)=C(O)C(=O)N2CCCOC)cc1OCC. The van der Waals surface area contributed by atoms with Gasteiger partial charge >= 0.3 is 0 Å². The Morgan fingerprint density at radius 1 is 1.14 bits per heavy atom. The van der Waals surface area contributed by atoms with Crippen LogP contribution in [0, 0.1) is 13.8 Å². The minimum Gasteiger partial charge on any atom is -0.503 e. The van der Waals surface area contributed by atoms with E-state index in [-0.39, 0.29) is 11.4 Å². The van der Waals surface area contributed by atoms with E-state index in [0.29, 0.717) is 60.4 Å². The van der Waals surface area contributed by atoms with Gasteiger partial charge in [-0.05, 0) is 51.3 Å². The van der Waals surface area contributed by atoms with Gasteiger partial charge in [0.05, 0.1) is 40.4 Å². The maximum atomic E-state index is 13.6. The van der Waals surface area contributed by atoms with Crippen molar-refractivity contribution in [1.29, 1.82) is 0 Å². The summed E-state index contributed by atoms with van der Waals surface area (Å²) in [5, 5.41) is 11.6.